The van der Waals surface area contributed by atoms with E-state index in [1.165, 1.54) is 6.21 Å². The molecule has 2 rings (SSSR count). The molecule has 33 heavy (non-hydrogen) atoms. The van der Waals surface area contributed by atoms with Gasteiger partial charge in [0.1, 0.15) is 0 Å². The summed E-state index contributed by atoms with van der Waals surface area (Å²) in [4.78, 5) is 4.79. The molecule has 168 valence electrons. The molecule has 2 heteroatoms. The molecular formula is C31H34N2. The highest BCUT2D eigenvalue weighted by Gasteiger charge is 2.13. The number of aliphatic imine (C=N–C) groups is 1. The molecule has 0 aliphatic heterocycles. The normalized spacial score (nSPS) is 13.1. The van der Waals surface area contributed by atoms with E-state index < -0.39 is 0 Å². The number of hydrogen-bond donors (Lipinski definition) is 1. The largest absolute Gasteiger partial charge is 0.308 e. The number of rotatable bonds is 9. The Balaban J connectivity index is 2.58. The third-order valence-corrected chi connectivity index (χ3v) is 5.45. The van der Waals surface area contributed by atoms with Crippen molar-refractivity contribution in [2.75, 3.05) is 0 Å². The molecule has 0 heterocycles. The summed E-state index contributed by atoms with van der Waals surface area (Å²) in [5.41, 5.74) is 10.2. The van der Waals surface area contributed by atoms with Gasteiger partial charge in [0.2, 0.25) is 0 Å². The highest BCUT2D eigenvalue weighted by atomic mass is 14.7. The van der Waals surface area contributed by atoms with Crippen molar-refractivity contribution in [3.05, 3.63) is 114 Å². The van der Waals surface area contributed by atoms with Crippen LogP contribution in [0.4, 0.5) is 0 Å². The molecule has 0 saturated heterocycles. The van der Waals surface area contributed by atoms with Crippen LogP contribution in [0.25, 0.3) is 28.0 Å². The Bertz CT molecular complexity index is 1180. The van der Waals surface area contributed by atoms with Gasteiger partial charge in [-0.3, -0.25) is 4.99 Å². The van der Waals surface area contributed by atoms with Crippen LogP contribution in [0, 0.1) is 5.41 Å². The summed E-state index contributed by atoms with van der Waals surface area (Å²) in [5.74, 6) is 0. The van der Waals surface area contributed by atoms with Crippen molar-refractivity contribution in [2.45, 2.75) is 34.6 Å². The molecule has 2 aromatic carbocycles. The van der Waals surface area contributed by atoms with Gasteiger partial charge in [-0.05, 0) is 80.2 Å². The molecule has 0 aliphatic carbocycles. The van der Waals surface area contributed by atoms with Gasteiger partial charge in [0.05, 0.1) is 5.70 Å². The molecule has 0 atom stereocenters. The van der Waals surface area contributed by atoms with E-state index in [4.69, 9.17) is 10.4 Å². The van der Waals surface area contributed by atoms with E-state index in [2.05, 4.69) is 62.5 Å². The Hall–Kier alpha value is -3.78. The molecule has 0 spiro atoms. The van der Waals surface area contributed by atoms with Gasteiger partial charge in [0.25, 0.3) is 0 Å². The second kappa shape index (κ2) is 12.3. The Morgan fingerprint density at radius 2 is 1.52 bits per heavy atom. The van der Waals surface area contributed by atoms with Gasteiger partial charge in [-0.1, -0.05) is 85.0 Å². The van der Waals surface area contributed by atoms with Crippen LogP contribution in [0.5, 0.6) is 0 Å². The molecule has 0 fully saturated rings. The van der Waals surface area contributed by atoms with Crippen molar-refractivity contribution in [3.8, 4) is 11.1 Å². The minimum absolute atomic E-state index is 0.899. The van der Waals surface area contributed by atoms with E-state index in [0.717, 1.165) is 55.8 Å². The number of hydrogen-bond acceptors (Lipinski definition) is 2. The zero-order valence-electron chi connectivity index (χ0n) is 20.4. The molecule has 0 radical (unpaired) electrons. The van der Waals surface area contributed by atoms with Crippen LogP contribution in [0.15, 0.2) is 102 Å². The fraction of sp³-hybridized carbons (Fsp3) is 0.161. The molecule has 0 unspecified atom stereocenters. The van der Waals surface area contributed by atoms with Gasteiger partial charge in [0, 0.05) is 18.0 Å². The summed E-state index contributed by atoms with van der Waals surface area (Å²) < 4.78 is 0. The van der Waals surface area contributed by atoms with Gasteiger partial charge in [-0.15, -0.1) is 0 Å². The summed E-state index contributed by atoms with van der Waals surface area (Å²) >= 11 is 0. The van der Waals surface area contributed by atoms with Gasteiger partial charge in [-0.2, -0.15) is 0 Å². The number of nitrogens with zero attached hydrogens (tertiary/aromatic N) is 1. The Kier molecular flexibility index (Phi) is 9.50. The molecule has 0 amide bonds. The van der Waals surface area contributed by atoms with Crippen molar-refractivity contribution in [2.24, 2.45) is 4.99 Å². The monoisotopic (exact) mass is 434 g/mol. The van der Waals surface area contributed by atoms with Crippen LogP contribution in [-0.2, 0) is 0 Å². The lowest BCUT2D eigenvalue weighted by atomic mass is 9.91. The highest BCUT2D eigenvalue weighted by Crippen LogP contribution is 2.33. The van der Waals surface area contributed by atoms with Gasteiger partial charge >= 0.3 is 0 Å². The lowest BCUT2D eigenvalue weighted by molar-refractivity contribution is 1.32. The Morgan fingerprint density at radius 3 is 2.06 bits per heavy atom. The SMILES string of the molecule is C=C(C)\C(C)=C(/N=C/C=C\C=C/C)c1ccc(-c2ccc(/C(C=N)=C/C)cc2)cc1C(=C)C. The fourth-order valence-corrected chi connectivity index (χ4v) is 3.38. The average Bonchev–Trinajstić information content (AvgIpc) is 2.82. The number of nitrogens with one attached hydrogen (secondary N) is 1. The Labute approximate surface area is 199 Å². The first-order valence-corrected chi connectivity index (χ1v) is 11.1. The summed E-state index contributed by atoms with van der Waals surface area (Å²) in [6.07, 6.45) is 13.0. The summed E-state index contributed by atoms with van der Waals surface area (Å²) in [7, 11) is 0. The van der Waals surface area contributed by atoms with Crippen molar-refractivity contribution in [1.82, 2.24) is 0 Å². The van der Waals surface area contributed by atoms with E-state index in [-0.39, 0.29) is 0 Å². The quantitative estimate of drug-likeness (QED) is 0.302. The maximum Gasteiger partial charge on any atom is 0.0739 e. The summed E-state index contributed by atoms with van der Waals surface area (Å²) in [6, 6.07) is 14.7. The van der Waals surface area contributed by atoms with Crippen molar-refractivity contribution < 1.29 is 0 Å². The molecule has 2 nitrogen and oxygen atoms in total. The predicted octanol–water partition coefficient (Wildman–Crippen LogP) is 8.95. The molecule has 0 bridgehead atoms. The zero-order valence-corrected chi connectivity index (χ0v) is 20.4. The van der Waals surface area contributed by atoms with Gasteiger partial charge < -0.3 is 5.41 Å². The average molecular weight is 435 g/mol. The minimum atomic E-state index is 0.899. The number of benzene rings is 2. The molecular weight excluding hydrogens is 400 g/mol. The van der Waals surface area contributed by atoms with Crippen molar-refractivity contribution in [3.63, 3.8) is 0 Å². The first kappa shape index (κ1) is 25.5. The summed E-state index contributed by atoms with van der Waals surface area (Å²) in [5, 5.41) is 7.57. The van der Waals surface area contributed by atoms with Crippen molar-refractivity contribution >= 4 is 29.3 Å². The van der Waals surface area contributed by atoms with E-state index >= 15 is 0 Å². The van der Waals surface area contributed by atoms with Crippen LogP contribution < -0.4 is 0 Å². The van der Waals surface area contributed by atoms with E-state index in [1.54, 1.807) is 0 Å². The maximum atomic E-state index is 7.57. The van der Waals surface area contributed by atoms with Crippen molar-refractivity contribution in [1.29, 1.82) is 5.41 Å². The topological polar surface area (TPSA) is 36.2 Å². The first-order valence-electron chi connectivity index (χ1n) is 11.1. The van der Waals surface area contributed by atoms with Crippen LogP contribution >= 0.6 is 0 Å². The lowest BCUT2D eigenvalue weighted by Crippen LogP contribution is -1.95. The predicted molar refractivity (Wildman–Crippen MR) is 149 cm³/mol. The standard InChI is InChI=1S/C31H34N2/c1-8-10-11-12-19-33-31(24(7)22(3)4)29-18-17-28(20-30(29)23(5)6)27-15-13-26(14-16-27)25(9-2)21-32/h8-21,32H,3,5H2,1-2,4,6-7H3/b10-8-,12-11-,25-9+,31-24-,32-21?,33-19+. The fourth-order valence-electron chi connectivity index (χ4n) is 3.38. The molecule has 2 aromatic rings. The van der Waals surface area contributed by atoms with Crippen LogP contribution in [0.2, 0.25) is 0 Å². The van der Waals surface area contributed by atoms with Gasteiger partial charge in [0.15, 0.2) is 0 Å². The first-order chi connectivity index (χ1) is 15.8. The lowest BCUT2D eigenvalue weighted by Gasteiger charge is -2.15. The maximum absolute atomic E-state index is 7.57. The van der Waals surface area contributed by atoms with E-state index in [9.17, 15) is 0 Å². The third-order valence-electron chi connectivity index (χ3n) is 5.45. The summed E-state index contributed by atoms with van der Waals surface area (Å²) in [6.45, 7) is 18.4. The third kappa shape index (κ3) is 6.60. The van der Waals surface area contributed by atoms with Crippen LogP contribution in [0.3, 0.4) is 0 Å². The smallest absolute Gasteiger partial charge is 0.0739 e. The molecule has 0 saturated carbocycles. The second-order valence-electron chi connectivity index (χ2n) is 7.95. The highest BCUT2D eigenvalue weighted by molar-refractivity contribution is 6.08. The number of allylic oxidation sites excluding steroid dienone is 9. The molecule has 0 aliphatic rings. The van der Waals surface area contributed by atoms with Gasteiger partial charge in [-0.25, -0.2) is 0 Å². The minimum Gasteiger partial charge on any atom is -0.308 e. The molecule has 1 N–H and O–H groups in total. The Morgan fingerprint density at radius 1 is 0.848 bits per heavy atom. The van der Waals surface area contributed by atoms with E-state index in [1.807, 2.05) is 64.3 Å². The molecule has 0 aromatic heterocycles. The van der Waals surface area contributed by atoms with Crippen LogP contribution in [0.1, 0.15) is 51.3 Å². The second-order valence-corrected chi connectivity index (χ2v) is 7.95. The van der Waals surface area contributed by atoms with E-state index in [0.29, 0.717) is 0 Å². The van der Waals surface area contributed by atoms with Crippen LogP contribution in [-0.4, -0.2) is 12.4 Å². The zero-order chi connectivity index (χ0) is 24.4.